The molecule has 0 aliphatic carbocycles. The number of aromatic nitrogens is 2. The molecule has 6 nitrogen and oxygen atoms in total. The standard InChI is InChI=1S/C26H31Cl3N4O2/c1-4-22-24(26(31-30-22)32(2)3)25(23-20(28)12-18(27)13-21(23)29)33-14-17-8-6-5-7-16(17)11-19(33)15-35-10-9-34/h5-8,12-13,19,25,34H,4,9-11,14-15H2,1-3H3,(H,30,31). The van der Waals surface area contributed by atoms with Crippen molar-refractivity contribution in [2.24, 2.45) is 0 Å². The minimum absolute atomic E-state index is 0.0198. The molecule has 2 aromatic carbocycles. The molecule has 2 atom stereocenters. The second-order valence-corrected chi connectivity index (χ2v) is 10.2. The highest BCUT2D eigenvalue weighted by molar-refractivity contribution is 6.39. The van der Waals surface area contributed by atoms with Gasteiger partial charge in [-0.05, 0) is 36.1 Å². The molecular formula is C26H31Cl3N4O2. The molecule has 1 aliphatic heterocycles. The average molecular weight is 538 g/mol. The van der Waals surface area contributed by atoms with Crippen molar-refractivity contribution in [2.75, 3.05) is 38.8 Å². The highest BCUT2D eigenvalue weighted by Crippen LogP contribution is 2.46. The summed E-state index contributed by atoms with van der Waals surface area (Å²) in [5, 5.41) is 18.7. The van der Waals surface area contributed by atoms with Crippen molar-refractivity contribution in [3.05, 3.63) is 79.4 Å². The lowest BCUT2D eigenvalue weighted by Crippen LogP contribution is -2.46. The van der Waals surface area contributed by atoms with Crippen LogP contribution in [0.5, 0.6) is 0 Å². The first-order valence-electron chi connectivity index (χ1n) is 11.8. The lowest BCUT2D eigenvalue weighted by atomic mass is 9.88. The van der Waals surface area contributed by atoms with Crippen LogP contribution in [0.3, 0.4) is 0 Å². The first-order chi connectivity index (χ1) is 16.8. The van der Waals surface area contributed by atoms with Crippen LogP contribution in [-0.4, -0.2) is 60.2 Å². The van der Waals surface area contributed by atoms with Crippen molar-refractivity contribution in [3.63, 3.8) is 0 Å². The zero-order valence-corrected chi connectivity index (χ0v) is 22.5. The highest BCUT2D eigenvalue weighted by Gasteiger charge is 2.38. The normalized spacial score (nSPS) is 16.8. The molecule has 0 fully saturated rings. The van der Waals surface area contributed by atoms with Crippen LogP contribution in [0.1, 0.15) is 40.9 Å². The van der Waals surface area contributed by atoms with Crippen LogP contribution in [0, 0.1) is 0 Å². The number of nitrogens with zero attached hydrogens (tertiary/aromatic N) is 3. The quantitative estimate of drug-likeness (QED) is 0.352. The van der Waals surface area contributed by atoms with Gasteiger partial charge < -0.3 is 14.7 Å². The van der Waals surface area contributed by atoms with Gasteiger partial charge in [-0.1, -0.05) is 66.0 Å². The molecule has 2 N–H and O–H groups in total. The number of aliphatic hydroxyl groups is 1. The smallest absolute Gasteiger partial charge is 0.129 e. The van der Waals surface area contributed by atoms with Gasteiger partial charge in [0.1, 0.15) is 5.82 Å². The Morgan fingerprint density at radius 1 is 1.14 bits per heavy atom. The molecule has 0 saturated heterocycles. The van der Waals surface area contributed by atoms with Crippen LogP contribution in [0.2, 0.25) is 15.1 Å². The van der Waals surface area contributed by atoms with Gasteiger partial charge in [0, 0.05) is 52.9 Å². The number of rotatable bonds is 9. The maximum Gasteiger partial charge on any atom is 0.129 e. The van der Waals surface area contributed by atoms with E-state index in [1.807, 2.05) is 19.0 Å². The largest absolute Gasteiger partial charge is 0.394 e. The van der Waals surface area contributed by atoms with Crippen molar-refractivity contribution in [1.29, 1.82) is 0 Å². The number of hydrogen-bond donors (Lipinski definition) is 2. The Balaban J connectivity index is 1.93. The molecule has 188 valence electrons. The number of halogens is 3. The zero-order valence-electron chi connectivity index (χ0n) is 20.2. The van der Waals surface area contributed by atoms with Crippen LogP contribution >= 0.6 is 34.8 Å². The van der Waals surface area contributed by atoms with Crippen molar-refractivity contribution in [3.8, 4) is 0 Å². The molecule has 0 amide bonds. The van der Waals surface area contributed by atoms with E-state index in [9.17, 15) is 5.11 Å². The molecule has 2 unspecified atom stereocenters. The highest BCUT2D eigenvalue weighted by atomic mass is 35.5. The second-order valence-electron chi connectivity index (χ2n) is 8.96. The van der Waals surface area contributed by atoms with E-state index in [1.165, 1.54) is 11.1 Å². The van der Waals surface area contributed by atoms with Gasteiger partial charge >= 0.3 is 0 Å². The van der Waals surface area contributed by atoms with Crippen LogP contribution in [0.15, 0.2) is 36.4 Å². The molecule has 0 bridgehead atoms. The van der Waals surface area contributed by atoms with Crippen molar-refractivity contribution >= 4 is 40.6 Å². The molecule has 0 spiro atoms. The number of ether oxygens (including phenoxy) is 1. The van der Waals surface area contributed by atoms with Crippen LogP contribution in [-0.2, 0) is 24.1 Å². The Labute approximate surface area is 221 Å². The Bertz CT molecular complexity index is 1140. The summed E-state index contributed by atoms with van der Waals surface area (Å²) in [6.45, 7) is 3.51. The van der Waals surface area contributed by atoms with Gasteiger partial charge in [-0.2, -0.15) is 5.10 Å². The van der Waals surface area contributed by atoms with Crippen molar-refractivity contribution < 1.29 is 9.84 Å². The van der Waals surface area contributed by atoms with E-state index < -0.39 is 0 Å². The molecule has 0 saturated carbocycles. The van der Waals surface area contributed by atoms with Gasteiger partial charge in [0.2, 0.25) is 0 Å². The fourth-order valence-electron chi connectivity index (χ4n) is 4.91. The summed E-state index contributed by atoms with van der Waals surface area (Å²) in [6.07, 6.45) is 1.55. The minimum atomic E-state index is -0.297. The third-order valence-electron chi connectivity index (χ3n) is 6.51. The molecule has 1 aliphatic rings. The fourth-order valence-corrected chi connectivity index (χ4v) is 5.94. The van der Waals surface area contributed by atoms with Crippen LogP contribution in [0.4, 0.5) is 5.82 Å². The van der Waals surface area contributed by atoms with E-state index in [4.69, 9.17) is 39.5 Å². The van der Waals surface area contributed by atoms with Crippen LogP contribution in [0.25, 0.3) is 0 Å². The fraction of sp³-hybridized carbons (Fsp3) is 0.423. The van der Waals surface area contributed by atoms with E-state index in [1.54, 1.807) is 12.1 Å². The summed E-state index contributed by atoms with van der Waals surface area (Å²) in [4.78, 5) is 4.43. The molecule has 1 aromatic heterocycles. The Hall–Kier alpha value is -1.80. The summed E-state index contributed by atoms with van der Waals surface area (Å²) < 4.78 is 5.87. The number of anilines is 1. The molecule has 0 radical (unpaired) electrons. The van der Waals surface area contributed by atoms with Crippen LogP contribution < -0.4 is 4.90 Å². The monoisotopic (exact) mass is 536 g/mol. The number of fused-ring (bicyclic) bond motifs is 1. The molecule has 4 rings (SSSR count). The number of H-pyrrole nitrogens is 1. The lowest BCUT2D eigenvalue weighted by molar-refractivity contribution is 0.0209. The first-order valence-corrected chi connectivity index (χ1v) is 12.9. The minimum Gasteiger partial charge on any atom is -0.394 e. The van der Waals surface area contributed by atoms with Gasteiger partial charge in [-0.3, -0.25) is 10.00 Å². The predicted octanol–water partition coefficient (Wildman–Crippen LogP) is 5.52. The summed E-state index contributed by atoms with van der Waals surface area (Å²) in [5.74, 6) is 0.905. The van der Waals surface area contributed by atoms with Crippen molar-refractivity contribution in [2.45, 2.75) is 38.4 Å². The van der Waals surface area contributed by atoms with Gasteiger partial charge in [0.15, 0.2) is 0 Å². The van der Waals surface area contributed by atoms with E-state index in [0.717, 1.165) is 35.5 Å². The first kappa shape index (κ1) is 26.3. The summed E-state index contributed by atoms with van der Waals surface area (Å²) in [5.41, 5.74) is 5.34. The second kappa shape index (κ2) is 11.5. The van der Waals surface area contributed by atoms with E-state index in [0.29, 0.717) is 28.2 Å². The van der Waals surface area contributed by atoms with Gasteiger partial charge in [0.05, 0.1) is 31.6 Å². The third-order valence-corrected chi connectivity index (χ3v) is 7.35. The Morgan fingerprint density at radius 2 is 1.83 bits per heavy atom. The number of benzene rings is 2. The predicted molar refractivity (Wildman–Crippen MR) is 143 cm³/mol. The van der Waals surface area contributed by atoms with E-state index >= 15 is 0 Å². The molecule has 3 aromatic rings. The molecule has 35 heavy (non-hydrogen) atoms. The summed E-state index contributed by atoms with van der Waals surface area (Å²) in [6, 6.07) is 11.7. The molecular weight excluding hydrogens is 507 g/mol. The topological polar surface area (TPSA) is 64.6 Å². The number of hydrogen-bond acceptors (Lipinski definition) is 5. The number of aromatic amines is 1. The lowest BCUT2D eigenvalue weighted by Gasteiger charge is -2.43. The summed E-state index contributed by atoms with van der Waals surface area (Å²) >= 11 is 20.0. The SMILES string of the molecule is CCc1n[nH]c(N(C)C)c1C(c1c(Cl)cc(Cl)cc1Cl)N1Cc2ccccc2CC1COCCO. The number of aliphatic hydroxyl groups excluding tert-OH is 1. The maximum absolute atomic E-state index is 9.32. The van der Waals surface area contributed by atoms with Gasteiger partial charge in [-0.15, -0.1) is 0 Å². The van der Waals surface area contributed by atoms with E-state index in [2.05, 4.69) is 46.3 Å². The Kier molecular flexibility index (Phi) is 8.63. The van der Waals surface area contributed by atoms with Crippen molar-refractivity contribution in [1.82, 2.24) is 15.1 Å². The summed E-state index contributed by atoms with van der Waals surface area (Å²) in [7, 11) is 3.98. The zero-order chi connectivity index (χ0) is 25.1. The third kappa shape index (κ3) is 5.48. The average Bonchev–Trinajstić information content (AvgIpc) is 3.25. The number of aryl methyl sites for hydroxylation is 1. The van der Waals surface area contributed by atoms with Gasteiger partial charge in [0.25, 0.3) is 0 Å². The van der Waals surface area contributed by atoms with Gasteiger partial charge in [-0.25, -0.2) is 0 Å². The van der Waals surface area contributed by atoms with E-state index in [-0.39, 0.29) is 25.3 Å². The number of nitrogens with one attached hydrogen (secondary N) is 1. The molecule has 2 heterocycles. The maximum atomic E-state index is 9.32. The molecule has 9 heteroatoms. The Morgan fingerprint density at radius 3 is 2.46 bits per heavy atom.